The molecule has 1 heterocycles. The van der Waals surface area contributed by atoms with Crippen LogP contribution < -0.4 is 0 Å². The minimum atomic E-state index is 0.622. The fourth-order valence-electron chi connectivity index (χ4n) is 2.09. The SMILES string of the molecule is Cc1ccccc1Sc1c(C#N)cnc2ccccc12. The first-order valence-electron chi connectivity index (χ1n) is 6.31. The highest BCUT2D eigenvalue weighted by Crippen LogP contribution is 2.36. The molecule has 0 fully saturated rings. The van der Waals surface area contributed by atoms with E-state index in [1.54, 1.807) is 18.0 Å². The molecule has 0 amide bonds. The highest BCUT2D eigenvalue weighted by atomic mass is 32.2. The minimum Gasteiger partial charge on any atom is -0.255 e. The van der Waals surface area contributed by atoms with Gasteiger partial charge >= 0.3 is 0 Å². The molecular weight excluding hydrogens is 264 g/mol. The van der Waals surface area contributed by atoms with E-state index >= 15 is 0 Å². The molecule has 0 aliphatic rings. The van der Waals surface area contributed by atoms with E-state index in [9.17, 15) is 5.26 Å². The molecule has 0 unspecified atom stereocenters. The zero-order valence-electron chi connectivity index (χ0n) is 11.0. The summed E-state index contributed by atoms with van der Waals surface area (Å²) >= 11 is 1.63. The molecule has 2 aromatic carbocycles. The third kappa shape index (κ3) is 2.26. The van der Waals surface area contributed by atoms with Gasteiger partial charge in [0.2, 0.25) is 0 Å². The normalized spacial score (nSPS) is 10.4. The predicted molar refractivity (Wildman–Crippen MR) is 81.8 cm³/mol. The van der Waals surface area contributed by atoms with Crippen LogP contribution in [0.1, 0.15) is 11.1 Å². The molecule has 0 saturated carbocycles. The van der Waals surface area contributed by atoms with Gasteiger partial charge < -0.3 is 0 Å². The van der Waals surface area contributed by atoms with E-state index in [-0.39, 0.29) is 0 Å². The molecule has 3 aromatic rings. The summed E-state index contributed by atoms with van der Waals surface area (Å²) in [6.45, 7) is 2.08. The molecule has 0 spiro atoms. The molecule has 0 N–H and O–H groups in total. The standard InChI is InChI=1S/C17H12N2S/c1-12-6-2-5-9-16(12)20-17-13(10-18)11-19-15-8-4-3-7-14(15)17/h2-9,11H,1H3. The Kier molecular flexibility index (Phi) is 3.41. The average molecular weight is 276 g/mol. The Morgan fingerprint density at radius 2 is 1.80 bits per heavy atom. The topological polar surface area (TPSA) is 36.7 Å². The van der Waals surface area contributed by atoms with Gasteiger partial charge in [0, 0.05) is 21.4 Å². The third-order valence-corrected chi connectivity index (χ3v) is 4.47. The van der Waals surface area contributed by atoms with Crippen molar-refractivity contribution in [3.63, 3.8) is 0 Å². The van der Waals surface area contributed by atoms with Crippen LogP contribution in [-0.4, -0.2) is 4.98 Å². The number of aromatic nitrogens is 1. The summed E-state index contributed by atoms with van der Waals surface area (Å²) in [6.07, 6.45) is 1.66. The van der Waals surface area contributed by atoms with Gasteiger partial charge in [-0.25, -0.2) is 0 Å². The number of hydrogen-bond acceptors (Lipinski definition) is 3. The van der Waals surface area contributed by atoms with Crippen molar-refractivity contribution in [2.24, 2.45) is 0 Å². The molecule has 96 valence electrons. The second-order valence-electron chi connectivity index (χ2n) is 4.50. The number of rotatable bonds is 2. The number of para-hydroxylation sites is 1. The summed E-state index contributed by atoms with van der Waals surface area (Å²) in [5, 5.41) is 10.3. The molecule has 2 nitrogen and oxygen atoms in total. The highest BCUT2D eigenvalue weighted by molar-refractivity contribution is 7.99. The van der Waals surface area contributed by atoms with Crippen LogP contribution in [0.2, 0.25) is 0 Å². The number of hydrogen-bond donors (Lipinski definition) is 0. The van der Waals surface area contributed by atoms with E-state index in [0.717, 1.165) is 15.8 Å². The second-order valence-corrected chi connectivity index (χ2v) is 5.55. The molecule has 0 radical (unpaired) electrons. The molecule has 20 heavy (non-hydrogen) atoms. The summed E-state index contributed by atoms with van der Waals surface area (Å²) in [4.78, 5) is 6.49. The second kappa shape index (κ2) is 5.36. The lowest BCUT2D eigenvalue weighted by molar-refractivity contribution is 1.27. The number of fused-ring (bicyclic) bond motifs is 1. The van der Waals surface area contributed by atoms with Crippen molar-refractivity contribution in [3.05, 3.63) is 65.9 Å². The van der Waals surface area contributed by atoms with Crippen LogP contribution in [0.4, 0.5) is 0 Å². The molecule has 0 aliphatic carbocycles. The van der Waals surface area contributed by atoms with E-state index in [4.69, 9.17) is 0 Å². The lowest BCUT2D eigenvalue weighted by atomic mass is 10.2. The first-order chi connectivity index (χ1) is 9.79. The van der Waals surface area contributed by atoms with Crippen LogP contribution in [0.5, 0.6) is 0 Å². The van der Waals surface area contributed by atoms with E-state index in [2.05, 4.69) is 30.1 Å². The van der Waals surface area contributed by atoms with Crippen molar-refractivity contribution in [1.82, 2.24) is 4.98 Å². The van der Waals surface area contributed by atoms with Crippen molar-refractivity contribution in [3.8, 4) is 6.07 Å². The maximum Gasteiger partial charge on any atom is 0.102 e. The summed E-state index contributed by atoms with van der Waals surface area (Å²) < 4.78 is 0. The van der Waals surface area contributed by atoms with E-state index in [1.807, 2.05) is 36.4 Å². The molecular formula is C17H12N2S. The Morgan fingerprint density at radius 3 is 2.60 bits per heavy atom. The molecule has 0 saturated heterocycles. The van der Waals surface area contributed by atoms with Gasteiger partial charge in [0.05, 0.1) is 11.1 Å². The van der Waals surface area contributed by atoms with Gasteiger partial charge in [0.1, 0.15) is 6.07 Å². The number of nitriles is 1. The minimum absolute atomic E-state index is 0.622. The van der Waals surface area contributed by atoms with Gasteiger partial charge in [-0.2, -0.15) is 5.26 Å². The van der Waals surface area contributed by atoms with Crippen LogP contribution in [0.3, 0.4) is 0 Å². The molecule has 0 atom stereocenters. The largest absolute Gasteiger partial charge is 0.255 e. The highest BCUT2D eigenvalue weighted by Gasteiger charge is 2.11. The van der Waals surface area contributed by atoms with Gasteiger partial charge in [-0.1, -0.05) is 48.2 Å². The summed E-state index contributed by atoms with van der Waals surface area (Å²) in [5.41, 5.74) is 2.75. The van der Waals surface area contributed by atoms with Crippen LogP contribution in [0.25, 0.3) is 10.9 Å². The van der Waals surface area contributed by atoms with Crippen LogP contribution in [0, 0.1) is 18.3 Å². The fraction of sp³-hybridized carbons (Fsp3) is 0.0588. The first-order valence-corrected chi connectivity index (χ1v) is 7.12. The molecule has 3 rings (SSSR count). The number of benzene rings is 2. The van der Waals surface area contributed by atoms with Gasteiger partial charge in [-0.15, -0.1) is 0 Å². The summed E-state index contributed by atoms with van der Waals surface area (Å²) in [6, 6.07) is 18.4. The number of pyridine rings is 1. The van der Waals surface area contributed by atoms with Crippen LogP contribution >= 0.6 is 11.8 Å². The zero-order chi connectivity index (χ0) is 13.9. The van der Waals surface area contributed by atoms with Gasteiger partial charge in [-0.3, -0.25) is 4.98 Å². The first kappa shape index (κ1) is 12.7. The monoisotopic (exact) mass is 276 g/mol. The molecule has 0 aliphatic heterocycles. The van der Waals surface area contributed by atoms with E-state index in [0.29, 0.717) is 5.56 Å². The Morgan fingerprint density at radius 1 is 1.05 bits per heavy atom. The fourth-order valence-corrected chi connectivity index (χ4v) is 3.17. The summed E-state index contributed by atoms with van der Waals surface area (Å²) in [7, 11) is 0. The molecule has 1 aromatic heterocycles. The van der Waals surface area contributed by atoms with Crippen LogP contribution in [0.15, 0.2) is 64.5 Å². The van der Waals surface area contributed by atoms with Crippen LogP contribution in [-0.2, 0) is 0 Å². The Labute approximate surface area is 122 Å². The van der Waals surface area contributed by atoms with E-state index in [1.165, 1.54) is 10.5 Å². The maximum atomic E-state index is 9.32. The quantitative estimate of drug-likeness (QED) is 0.688. The lowest BCUT2D eigenvalue weighted by Gasteiger charge is -2.09. The van der Waals surface area contributed by atoms with Gasteiger partial charge in [-0.05, 0) is 24.6 Å². The Bertz CT molecular complexity index is 819. The van der Waals surface area contributed by atoms with Crippen molar-refractivity contribution in [2.45, 2.75) is 16.7 Å². The lowest BCUT2D eigenvalue weighted by Crippen LogP contribution is -1.89. The van der Waals surface area contributed by atoms with Gasteiger partial charge in [0.25, 0.3) is 0 Å². The van der Waals surface area contributed by atoms with Crippen molar-refractivity contribution >= 4 is 22.7 Å². The van der Waals surface area contributed by atoms with Crippen molar-refractivity contribution < 1.29 is 0 Å². The zero-order valence-corrected chi connectivity index (χ0v) is 11.8. The maximum absolute atomic E-state index is 9.32. The predicted octanol–water partition coefficient (Wildman–Crippen LogP) is 4.57. The van der Waals surface area contributed by atoms with Crippen molar-refractivity contribution in [2.75, 3.05) is 0 Å². The number of nitrogens with zero attached hydrogens (tertiary/aromatic N) is 2. The molecule has 0 bridgehead atoms. The third-order valence-electron chi connectivity index (χ3n) is 3.15. The smallest absolute Gasteiger partial charge is 0.102 e. The Balaban J connectivity index is 2.20. The van der Waals surface area contributed by atoms with Crippen molar-refractivity contribution in [1.29, 1.82) is 5.26 Å². The van der Waals surface area contributed by atoms with E-state index < -0.39 is 0 Å². The summed E-state index contributed by atoms with van der Waals surface area (Å²) in [5.74, 6) is 0. The number of aryl methyl sites for hydroxylation is 1. The average Bonchev–Trinajstić information content (AvgIpc) is 2.50. The Hall–Kier alpha value is -2.31. The van der Waals surface area contributed by atoms with Gasteiger partial charge in [0.15, 0.2) is 0 Å². The molecule has 3 heteroatoms.